The second kappa shape index (κ2) is 6.29. The fourth-order valence-corrected chi connectivity index (χ4v) is 3.21. The molecule has 0 saturated carbocycles. The number of hydrogen-bond acceptors (Lipinski definition) is 6. The van der Waals surface area contributed by atoms with Crippen LogP contribution >= 0.6 is 0 Å². The number of carbonyl (C=O) groups excluding carboxylic acids is 2. The highest BCUT2D eigenvalue weighted by Crippen LogP contribution is 2.28. The Bertz CT molecular complexity index is 969. The molecule has 0 N–H and O–H groups in total. The van der Waals surface area contributed by atoms with E-state index in [1.54, 1.807) is 48.1 Å². The van der Waals surface area contributed by atoms with Gasteiger partial charge in [0.05, 0.1) is 22.9 Å². The number of nitrogens with zero attached hydrogens (tertiary/aromatic N) is 4. The fraction of sp³-hybridized carbons (Fsp3) is 0.333. The van der Waals surface area contributed by atoms with Crippen LogP contribution in [0.4, 0.5) is 0 Å². The fourth-order valence-electron chi connectivity index (χ4n) is 3.21. The van der Waals surface area contributed by atoms with Crippen molar-refractivity contribution in [3.63, 3.8) is 0 Å². The van der Waals surface area contributed by atoms with Crippen LogP contribution < -0.4 is 0 Å². The molecular formula is C18H18N4O4. The first-order valence-corrected chi connectivity index (χ1v) is 8.40. The smallest absolute Gasteiger partial charge is 0.259 e. The lowest BCUT2D eigenvalue weighted by Gasteiger charge is -2.34. The first-order chi connectivity index (χ1) is 12.5. The van der Waals surface area contributed by atoms with Gasteiger partial charge in [-0.3, -0.25) is 9.59 Å². The highest BCUT2D eigenvalue weighted by atomic mass is 16.5. The van der Waals surface area contributed by atoms with E-state index in [0.29, 0.717) is 60.0 Å². The van der Waals surface area contributed by atoms with E-state index in [1.165, 1.54) is 0 Å². The monoisotopic (exact) mass is 354 g/mol. The molecular weight excluding hydrogens is 336 g/mol. The van der Waals surface area contributed by atoms with Gasteiger partial charge in [-0.1, -0.05) is 5.16 Å². The van der Waals surface area contributed by atoms with Gasteiger partial charge in [-0.25, -0.2) is 4.98 Å². The Morgan fingerprint density at radius 1 is 1.15 bits per heavy atom. The maximum Gasteiger partial charge on any atom is 0.259 e. The third kappa shape index (κ3) is 2.73. The molecule has 8 nitrogen and oxygen atoms in total. The number of aromatic nitrogens is 2. The van der Waals surface area contributed by atoms with Gasteiger partial charge in [0.25, 0.3) is 11.6 Å². The Morgan fingerprint density at radius 3 is 2.54 bits per heavy atom. The van der Waals surface area contributed by atoms with Gasteiger partial charge in [0, 0.05) is 33.1 Å². The van der Waals surface area contributed by atoms with Crippen molar-refractivity contribution in [2.45, 2.75) is 13.8 Å². The summed E-state index contributed by atoms with van der Waals surface area (Å²) in [4.78, 5) is 32.5. The van der Waals surface area contributed by atoms with Gasteiger partial charge in [-0.2, -0.15) is 0 Å². The van der Waals surface area contributed by atoms with Gasteiger partial charge in [0.1, 0.15) is 5.69 Å². The maximum atomic E-state index is 13.2. The number of pyridine rings is 1. The second-order valence-corrected chi connectivity index (χ2v) is 6.28. The number of carbonyl (C=O) groups is 2. The average molecular weight is 354 g/mol. The van der Waals surface area contributed by atoms with Crippen LogP contribution in [0.15, 0.2) is 33.4 Å². The normalized spacial score (nSPS) is 14.8. The van der Waals surface area contributed by atoms with E-state index >= 15 is 0 Å². The van der Waals surface area contributed by atoms with Crippen LogP contribution in [-0.2, 0) is 4.79 Å². The molecule has 0 aromatic carbocycles. The van der Waals surface area contributed by atoms with Crippen molar-refractivity contribution >= 4 is 22.9 Å². The lowest BCUT2D eigenvalue weighted by molar-refractivity contribution is -0.130. The number of furan rings is 1. The molecule has 1 fully saturated rings. The van der Waals surface area contributed by atoms with Crippen LogP contribution in [0, 0.1) is 6.92 Å². The van der Waals surface area contributed by atoms with Crippen molar-refractivity contribution in [3.05, 3.63) is 35.7 Å². The van der Waals surface area contributed by atoms with Gasteiger partial charge in [-0.15, -0.1) is 0 Å². The minimum atomic E-state index is -0.125. The lowest BCUT2D eigenvalue weighted by Crippen LogP contribution is -2.50. The number of fused-ring (bicyclic) bond motifs is 1. The van der Waals surface area contributed by atoms with Gasteiger partial charge in [0.15, 0.2) is 5.76 Å². The van der Waals surface area contributed by atoms with Crippen LogP contribution in [0.25, 0.3) is 22.6 Å². The van der Waals surface area contributed by atoms with Crippen LogP contribution in [0.1, 0.15) is 23.0 Å². The summed E-state index contributed by atoms with van der Waals surface area (Å²) >= 11 is 0. The quantitative estimate of drug-likeness (QED) is 0.700. The highest BCUT2D eigenvalue weighted by Gasteiger charge is 2.27. The molecule has 0 radical (unpaired) electrons. The largest absolute Gasteiger partial charge is 0.463 e. The SMILES string of the molecule is CC(=O)N1CCN(C(=O)c2cc(-c3ccco3)nc3onc(C)c23)CC1. The first kappa shape index (κ1) is 16.3. The van der Waals surface area contributed by atoms with Gasteiger partial charge in [0.2, 0.25) is 5.91 Å². The van der Waals surface area contributed by atoms with Crippen molar-refractivity contribution in [2.75, 3.05) is 26.2 Å². The van der Waals surface area contributed by atoms with Gasteiger partial charge >= 0.3 is 0 Å². The molecule has 1 aliphatic heterocycles. The summed E-state index contributed by atoms with van der Waals surface area (Å²) in [6.45, 7) is 5.36. The van der Waals surface area contributed by atoms with Crippen molar-refractivity contribution in [1.29, 1.82) is 0 Å². The van der Waals surface area contributed by atoms with Crippen LogP contribution in [0.5, 0.6) is 0 Å². The molecule has 3 aromatic heterocycles. The first-order valence-electron chi connectivity index (χ1n) is 8.40. The van der Waals surface area contributed by atoms with Crippen LogP contribution in [-0.4, -0.2) is 57.9 Å². The maximum absolute atomic E-state index is 13.2. The minimum Gasteiger partial charge on any atom is -0.463 e. The summed E-state index contributed by atoms with van der Waals surface area (Å²) in [5.74, 6) is 0.453. The predicted molar refractivity (Wildman–Crippen MR) is 92.4 cm³/mol. The number of rotatable bonds is 2. The zero-order valence-corrected chi connectivity index (χ0v) is 14.6. The van der Waals surface area contributed by atoms with E-state index in [1.807, 2.05) is 0 Å². The summed E-state index contributed by atoms with van der Waals surface area (Å²) in [6.07, 6.45) is 1.55. The second-order valence-electron chi connectivity index (χ2n) is 6.28. The number of aryl methyl sites for hydroxylation is 1. The zero-order valence-electron chi connectivity index (χ0n) is 14.6. The summed E-state index contributed by atoms with van der Waals surface area (Å²) in [5.41, 5.74) is 1.92. The summed E-state index contributed by atoms with van der Waals surface area (Å²) < 4.78 is 10.7. The van der Waals surface area contributed by atoms with Crippen LogP contribution in [0.2, 0.25) is 0 Å². The van der Waals surface area contributed by atoms with E-state index in [4.69, 9.17) is 8.94 Å². The van der Waals surface area contributed by atoms with Gasteiger partial charge in [-0.05, 0) is 25.1 Å². The van der Waals surface area contributed by atoms with E-state index in [9.17, 15) is 9.59 Å². The van der Waals surface area contributed by atoms with Gasteiger partial charge < -0.3 is 18.7 Å². The van der Waals surface area contributed by atoms with E-state index in [-0.39, 0.29) is 11.8 Å². The number of amides is 2. The molecule has 26 heavy (non-hydrogen) atoms. The zero-order chi connectivity index (χ0) is 18.3. The Labute approximate surface area is 149 Å². The third-order valence-corrected chi connectivity index (χ3v) is 4.63. The molecule has 0 aliphatic carbocycles. The van der Waals surface area contributed by atoms with Crippen molar-refractivity contribution in [3.8, 4) is 11.5 Å². The Morgan fingerprint density at radius 2 is 1.88 bits per heavy atom. The molecule has 8 heteroatoms. The van der Waals surface area contributed by atoms with Crippen molar-refractivity contribution in [1.82, 2.24) is 19.9 Å². The predicted octanol–water partition coefficient (Wildman–Crippen LogP) is 2.10. The third-order valence-electron chi connectivity index (χ3n) is 4.63. The summed E-state index contributed by atoms with van der Waals surface area (Å²) in [5, 5.41) is 4.56. The van der Waals surface area contributed by atoms with E-state index in [2.05, 4.69) is 10.1 Å². The molecule has 4 heterocycles. The Balaban J connectivity index is 1.72. The minimum absolute atomic E-state index is 0.0263. The molecule has 0 bridgehead atoms. The molecule has 0 atom stereocenters. The molecule has 1 aliphatic rings. The number of hydrogen-bond donors (Lipinski definition) is 0. The highest BCUT2D eigenvalue weighted by molar-refractivity contribution is 6.07. The molecule has 4 rings (SSSR count). The molecule has 0 unspecified atom stereocenters. The average Bonchev–Trinajstić information content (AvgIpc) is 3.31. The van der Waals surface area contributed by atoms with E-state index in [0.717, 1.165) is 0 Å². The summed E-state index contributed by atoms with van der Waals surface area (Å²) in [6, 6.07) is 5.25. The standard InChI is InChI=1S/C18H18N4O4/c1-11-16-13(18(24)22-7-5-21(6-8-22)12(2)23)10-14(15-4-3-9-25-15)19-17(16)26-20-11/h3-4,9-10H,5-8H2,1-2H3. The Kier molecular flexibility index (Phi) is 3.95. The summed E-state index contributed by atoms with van der Waals surface area (Å²) in [7, 11) is 0. The number of piperazine rings is 1. The molecule has 3 aromatic rings. The van der Waals surface area contributed by atoms with Crippen LogP contribution in [0.3, 0.4) is 0 Å². The lowest BCUT2D eigenvalue weighted by atomic mass is 10.1. The molecule has 2 amide bonds. The van der Waals surface area contributed by atoms with Crippen molar-refractivity contribution < 1.29 is 18.5 Å². The molecule has 0 spiro atoms. The van der Waals surface area contributed by atoms with Crippen molar-refractivity contribution in [2.24, 2.45) is 0 Å². The molecule has 1 saturated heterocycles. The molecule has 134 valence electrons. The topological polar surface area (TPSA) is 92.7 Å². The Hall–Kier alpha value is -3.16. The van der Waals surface area contributed by atoms with E-state index < -0.39 is 0 Å².